The van der Waals surface area contributed by atoms with Crippen molar-refractivity contribution in [1.82, 2.24) is 10.6 Å². The van der Waals surface area contributed by atoms with Crippen molar-refractivity contribution < 1.29 is 9.59 Å². The van der Waals surface area contributed by atoms with E-state index >= 15 is 0 Å². The fourth-order valence-electron chi connectivity index (χ4n) is 0.643. The second-order valence-electron chi connectivity index (χ2n) is 3.08. The van der Waals surface area contributed by atoms with Crippen LogP contribution in [-0.2, 0) is 9.59 Å². The predicted molar refractivity (Wildman–Crippen MR) is 54.6 cm³/mol. The third-order valence-electron chi connectivity index (χ3n) is 1.75. The SMILES string of the molecule is C1CNC1.CCCCNC(=O)C(N)=O. The maximum Gasteiger partial charge on any atom is 0.309 e. The molecular weight excluding hydrogens is 182 g/mol. The number of amides is 2. The summed E-state index contributed by atoms with van der Waals surface area (Å²) in [6.07, 6.45) is 3.25. The summed E-state index contributed by atoms with van der Waals surface area (Å²) >= 11 is 0. The van der Waals surface area contributed by atoms with Gasteiger partial charge in [0.25, 0.3) is 0 Å². The normalized spacial score (nSPS) is 13.2. The second-order valence-corrected chi connectivity index (χ2v) is 3.08. The van der Waals surface area contributed by atoms with E-state index in [2.05, 4.69) is 16.4 Å². The minimum atomic E-state index is -0.920. The van der Waals surface area contributed by atoms with E-state index in [-0.39, 0.29) is 0 Å². The predicted octanol–water partition coefficient (Wildman–Crippen LogP) is -0.632. The third kappa shape index (κ3) is 7.54. The Morgan fingerprint density at radius 3 is 2.21 bits per heavy atom. The molecule has 1 heterocycles. The summed E-state index contributed by atoms with van der Waals surface area (Å²) in [4.78, 5) is 20.5. The van der Waals surface area contributed by atoms with E-state index in [9.17, 15) is 9.59 Å². The molecule has 14 heavy (non-hydrogen) atoms. The van der Waals surface area contributed by atoms with E-state index in [0.717, 1.165) is 12.8 Å². The molecule has 0 aromatic heterocycles. The minimum absolute atomic E-state index is 0.526. The molecule has 0 unspecified atom stereocenters. The van der Waals surface area contributed by atoms with Gasteiger partial charge in [0, 0.05) is 6.54 Å². The first kappa shape index (κ1) is 12.9. The zero-order chi connectivity index (χ0) is 10.8. The van der Waals surface area contributed by atoms with Crippen LogP contribution in [0.3, 0.4) is 0 Å². The Hall–Kier alpha value is -1.10. The van der Waals surface area contributed by atoms with Gasteiger partial charge in [0.1, 0.15) is 0 Å². The lowest BCUT2D eigenvalue weighted by Gasteiger charge is -2.09. The van der Waals surface area contributed by atoms with E-state index in [1.54, 1.807) is 0 Å². The first-order chi connectivity index (χ1) is 6.68. The smallest absolute Gasteiger partial charge is 0.309 e. The van der Waals surface area contributed by atoms with Crippen LogP contribution in [0, 0.1) is 0 Å². The third-order valence-corrected chi connectivity index (χ3v) is 1.75. The van der Waals surface area contributed by atoms with Crippen molar-refractivity contribution in [2.75, 3.05) is 19.6 Å². The lowest BCUT2D eigenvalue weighted by atomic mass is 10.3. The fraction of sp³-hybridized carbons (Fsp3) is 0.778. The number of hydrogen-bond acceptors (Lipinski definition) is 3. The van der Waals surface area contributed by atoms with Crippen molar-refractivity contribution in [3.05, 3.63) is 0 Å². The molecule has 0 atom stereocenters. The van der Waals surface area contributed by atoms with Gasteiger partial charge in [0.15, 0.2) is 0 Å². The number of nitrogens with two attached hydrogens (primary N) is 1. The molecule has 0 saturated carbocycles. The molecule has 0 bridgehead atoms. The molecule has 5 nitrogen and oxygen atoms in total. The molecule has 1 rings (SSSR count). The van der Waals surface area contributed by atoms with Crippen LogP contribution >= 0.6 is 0 Å². The van der Waals surface area contributed by atoms with Crippen LogP contribution in [0.15, 0.2) is 0 Å². The zero-order valence-corrected chi connectivity index (χ0v) is 8.64. The average Bonchev–Trinajstić information content (AvgIpc) is 2.01. The molecule has 0 aromatic carbocycles. The largest absolute Gasteiger partial charge is 0.361 e. The van der Waals surface area contributed by atoms with Crippen LogP contribution in [0.1, 0.15) is 26.2 Å². The van der Waals surface area contributed by atoms with Gasteiger partial charge in [0.05, 0.1) is 0 Å². The molecule has 0 aromatic rings. The highest BCUT2D eigenvalue weighted by atomic mass is 16.2. The standard InChI is InChI=1S/C6H12N2O2.C3H7N/c1-2-3-4-8-6(10)5(7)9;1-2-4-3-1/h2-4H2,1H3,(H2,7,9)(H,8,10);4H,1-3H2. The van der Waals surface area contributed by atoms with Gasteiger partial charge in [-0.2, -0.15) is 0 Å². The molecule has 1 aliphatic heterocycles. The number of primary amides is 1. The van der Waals surface area contributed by atoms with Crippen LogP contribution in [0.5, 0.6) is 0 Å². The van der Waals surface area contributed by atoms with Crippen LogP contribution < -0.4 is 16.4 Å². The van der Waals surface area contributed by atoms with Crippen molar-refractivity contribution in [3.8, 4) is 0 Å². The Labute approximate surface area is 84.4 Å². The van der Waals surface area contributed by atoms with Crippen molar-refractivity contribution in [3.63, 3.8) is 0 Å². The highest BCUT2D eigenvalue weighted by Crippen LogP contribution is 1.81. The fourth-order valence-corrected chi connectivity index (χ4v) is 0.643. The monoisotopic (exact) mass is 201 g/mol. The number of rotatable bonds is 3. The lowest BCUT2D eigenvalue weighted by Crippen LogP contribution is -2.36. The Bertz CT molecular complexity index is 175. The Morgan fingerprint density at radius 1 is 1.43 bits per heavy atom. The van der Waals surface area contributed by atoms with E-state index < -0.39 is 11.8 Å². The van der Waals surface area contributed by atoms with Gasteiger partial charge in [-0.25, -0.2) is 0 Å². The summed E-state index contributed by atoms with van der Waals surface area (Å²) in [5.74, 6) is -1.62. The Balaban J connectivity index is 0.000000344. The van der Waals surface area contributed by atoms with Crippen molar-refractivity contribution in [1.29, 1.82) is 0 Å². The van der Waals surface area contributed by atoms with Gasteiger partial charge in [0.2, 0.25) is 0 Å². The van der Waals surface area contributed by atoms with E-state index in [0.29, 0.717) is 6.54 Å². The van der Waals surface area contributed by atoms with Crippen LogP contribution in [0.2, 0.25) is 0 Å². The molecule has 1 saturated heterocycles. The van der Waals surface area contributed by atoms with Crippen LogP contribution in [0.25, 0.3) is 0 Å². The molecule has 1 aliphatic rings. The maximum absolute atomic E-state index is 10.4. The van der Waals surface area contributed by atoms with Crippen LogP contribution in [0.4, 0.5) is 0 Å². The van der Waals surface area contributed by atoms with Crippen molar-refractivity contribution >= 4 is 11.8 Å². The van der Waals surface area contributed by atoms with E-state index in [1.807, 2.05) is 6.92 Å². The first-order valence-corrected chi connectivity index (χ1v) is 4.96. The quantitative estimate of drug-likeness (QED) is 0.420. The molecule has 1 fully saturated rings. The van der Waals surface area contributed by atoms with Crippen molar-refractivity contribution in [2.24, 2.45) is 5.73 Å². The minimum Gasteiger partial charge on any atom is -0.361 e. The number of carbonyl (C=O) groups excluding carboxylic acids is 2. The van der Waals surface area contributed by atoms with Gasteiger partial charge in [-0.1, -0.05) is 13.3 Å². The van der Waals surface area contributed by atoms with E-state index in [4.69, 9.17) is 0 Å². The van der Waals surface area contributed by atoms with Gasteiger partial charge >= 0.3 is 11.8 Å². The van der Waals surface area contributed by atoms with Crippen LogP contribution in [-0.4, -0.2) is 31.4 Å². The number of nitrogens with one attached hydrogen (secondary N) is 2. The molecule has 0 radical (unpaired) electrons. The van der Waals surface area contributed by atoms with Gasteiger partial charge in [-0.15, -0.1) is 0 Å². The molecule has 82 valence electrons. The summed E-state index contributed by atoms with van der Waals surface area (Å²) in [7, 11) is 0. The Kier molecular flexibility index (Phi) is 7.83. The molecule has 0 spiro atoms. The van der Waals surface area contributed by atoms with Gasteiger partial charge in [-0.3, -0.25) is 9.59 Å². The molecule has 4 N–H and O–H groups in total. The summed E-state index contributed by atoms with van der Waals surface area (Å²) in [6, 6.07) is 0. The summed E-state index contributed by atoms with van der Waals surface area (Å²) in [6.45, 7) is 5.02. The summed E-state index contributed by atoms with van der Waals surface area (Å²) < 4.78 is 0. The van der Waals surface area contributed by atoms with E-state index in [1.165, 1.54) is 19.5 Å². The zero-order valence-electron chi connectivity index (χ0n) is 8.64. The molecular formula is C9H19N3O2. The maximum atomic E-state index is 10.4. The number of unbranched alkanes of at least 4 members (excludes halogenated alkanes) is 1. The number of carbonyl (C=O) groups is 2. The molecule has 0 aliphatic carbocycles. The topological polar surface area (TPSA) is 84.2 Å². The van der Waals surface area contributed by atoms with Gasteiger partial charge < -0.3 is 16.4 Å². The molecule has 5 heteroatoms. The second kappa shape index (κ2) is 8.50. The average molecular weight is 201 g/mol. The lowest BCUT2D eigenvalue weighted by molar-refractivity contribution is -0.137. The highest BCUT2D eigenvalue weighted by Gasteiger charge is 2.05. The summed E-state index contributed by atoms with van der Waals surface area (Å²) in [5.41, 5.74) is 4.67. The number of hydrogen-bond donors (Lipinski definition) is 3. The highest BCUT2D eigenvalue weighted by molar-refractivity contribution is 6.34. The first-order valence-electron chi connectivity index (χ1n) is 4.96. The van der Waals surface area contributed by atoms with Crippen molar-refractivity contribution in [2.45, 2.75) is 26.2 Å². The molecule has 2 amide bonds. The Morgan fingerprint density at radius 2 is 1.93 bits per heavy atom. The summed E-state index contributed by atoms with van der Waals surface area (Å²) in [5, 5.41) is 5.48. The van der Waals surface area contributed by atoms with Gasteiger partial charge in [-0.05, 0) is 25.9 Å².